The fraction of sp³-hybridized carbons (Fsp3) is 0.250. The third kappa shape index (κ3) is 1.77. The van der Waals surface area contributed by atoms with E-state index in [9.17, 15) is 9.18 Å². The molecular weight excluding hydrogens is 193 g/mol. The predicted molar refractivity (Wildman–Crippen MR) is 55.8 cm³/mol. The van der Waals surface area contributed by atoms with Crippen molar-refractivity contribution in [3.8, 4) is 0 Å². The van der Waals surface area contributed by atoms with E-state index >= 15 is 0 Å². The lowest BCUT2D eigenvalue weighted by molar-refractivity contribution is -0.117. The maximum atomic E-state index is 13.4. The van der Waals surface area contributed by atoms with Gasteiger partial charge in [-0.25, -0.2) is 4.39 Å². The molecule has 2 rings (SSSR count). The highest BCUT2D eigenvalue weighted by atomic mass is 19.1. The highest BCUT2D eigenvalue weighted by Crippen LogP contribution is 2.32. The molecule has 1 atom stereocenters. The highest BCUT2D eigenvalue weighted by molar-refractivity contribution is 5.87. The summed E-state index contributed by atoms with van der Waals surface area (Å²) in [7, 11) is 0. The molecule has 0 aliphatic heterocycles. The monoisotopic (exact) mass is 205 g/mol. The number of carbonyl (C=O) groups excluding carboxylic acids is 1. The van der Waals surface area contributed by atoms with E-state index in [1.165, 1.54) is 12.1 Å². The van der Waals surface area contributed by atoms with E-state index in [1.807, 2.05) is 6.07 Å². The molecule has 0 heterocycles. The molecule has 78 valence electrons. The van der Waals surface area contributed by atoms with Crippen LogP contribution in [0.5, 0.6) is 0 Å². The van der Waals surface area contributed by atoms with Crippen molar-refractivity contribution in [2.45, 2.75) is 18.9 Å². The molecule has 0 spiro atoms. The predicted octanol–water partition coefficient (Wildman–Crippen LogP) is 2.12. The van der Waals surface area contributed by atoms with Crippen LogP contribution in [0.4, 0.5) is 4.39 Å². The molecule has 0 radical (unpaired) electrons. The molecule has 1 aromatic rings. The number of halogens is 1. The first-order valence-electron chi connectivity index (χ1n) is 4.92. The maximum Gasteiger partial charge on any atom is 0.243 e. The average molecular weight is 205 g/mol. The molecule has 0 unspecified atom stereocenters. The molecule has 15 heavy (non-hydrogen) atoms. The minimum absolute atomic E-state index is 0.0683. The van der Waals surface area contributed by atoms with Gasteiger partial charge in [-0.3, -0.25) is 4.79 Å². The summed E-state index contributed by atoms with van der Waals surface area (Å²) in [4.78, 5) is 11.1. The smallest absolute Gasteiger partial charge is 0.243 e. The van der Waals surface area contributed by atoms with Crippen molar-refractivity contribution >= 4 is 5.91 Å². The summed E-state index contributed by atoms with van der Waals surface area (Å²) in [6, 6.07) is 4.92. The molecule has 0 bridgehead atoms. The normalized spacial score (nSPS) is 18.3. The van der Waals surface area contributed by atoms with Gasteiger partial charge in [-0.05, 0) is 36.1 Å². The van der Waals surface area contributed by atoms with Crippen LogP contribution >= 0.6 is 0 Å². The quantitative estimate of drug-likeness (QED) is 0.736. The van der Waals surface area contributed by atoms with Crippen molar-refractivity contribution in [1.82, 2.24) is 5.32 Å². The molecule has 1 aliphatic rings. The van der Waals surface area contributed by atoms with Crippen LogP contribution in [0.3, 0.4) is 0 Å². The van der Waals surface area contributed by atoms with Gasteiger partial charge < -0.3 is 5.32 Å². The second kappa shape index (κ2) is 3.85. The summed E-state index contributed by atoms with van der Waals surface area (Å²) in [5.41, 5.74) is 1.62. The van der Waals surface area contributed by atoms with Gasteiger partial charge in [0.2, 0.25) is 5.91 Å². The topological polar surface area (TPSA) is 29.1 Å². The van der Waals surface area contributed by atoms with Crippen molar-refractivity contribution in [1.29, 1.82) is 0 Å². The Bertz CT molecular complexity index is 414. The van der Waals surface area contributed by atoms with Gasteiger partial charge in [0.1, 0.15) is 5.82 Å². The molecule has 0 saturated heterocycles. The molecule has 1 aromatic carbocycles. The molecular formula is C12H12FNO. The van der Waals surface area contributed by atoms with Gasteiger partial charge in [-0.15, -0.1) is 0 Å². The van der Waals surface area contributed by atoms with Gasteiger partial charge in [-0.2, -0.15) is 0 Å². The Morgan fingerprint density at radius 1 is 1.60 bits per heavy atom. The van der Waals surface area contributed by atoms with Crippen LogP contribution in [0.1, 0.15) is 23.6 Å². The number of benzene rings is 1. The summed E-state index contributed by atoms with van der Waals surface area (Å²) in [5, 5.41) is 2.79. The van der Waals surface area contributed by atoms with E-state index in [4.69, 9.17) is 0 Å². The fourth-order valence-electron chi connectivity index (χ4n) is 1.99. The Morgan fingerprint density at radius 2 is 2.40 bits per heavy atom. The van der Waals surface area contributed by atoms with Crippen molar-refractivity contribution in [3.63, 3.8) is 0 Å². The third-order valence-corrected chi connectivity index (χ3v) is 2.72. The van der Waals surface area contributed by atoms with Crippen molar-refractivity contribution in [3.05, 3.63) is 47.8 Å². The molecule has 1 amide bonds. The number of amides is 1. The third-order valence-electron chi connectivity index (χ3n) is 2.72. The first-order valence-corrected chi connectivity index (χ1v) is 4.92. The summed E-state index contributed by atoms with van der Waals surface area (Å²) >= 11 is 0. The molecule has 2 nitrogen and oxygen atoms in total. The minimum atomic E-state index is -0.211. The second-order valence-corrected chi connectivity index (χ2v) is 3.61. The molecule has 1 N–H and O–H groups in total. The number of fused-ring (bicyclic) bond motifs is 1. The second-order valence-electron chi connectivity index (χ2n) is 3.61. The molecule has 3 heteroatoms. The van der Waals surface area contributed by atoms with Crippen LogP contribution in [0.15, 0.2) is 30.9 Å². The van der Waals surface area contributed by atoms with Crippen molar-refractivity contribution in [2.75, 3.05) is 0 Å². The van der Waals surface area contributed by atoms with Crippen molar-refractivity contribution < 1.29 is 9.18 Å². The summed E-state index contributed by atoms with van der Waals surface area (Å²) in [5.74, 6) is -0.389. The largest absolute Gasteiger partial charge is 0.346 e. The van der Waals surface area contributed by atoms with Gasteiger partial charge in [0.15, 0.2) is 0 Å². The van der Waals surface area contributed by atoms with E-state index in [0.29, 0.717) is 6.42 Å². The minimum Gasteiger partial charge on any atom is -0.346 e. The summed E-state index contributed by atoms with van der Waals surface area (Å²) in [6.07, 6.45) is 2.68. The van der Waals surface area contributed by atoms with Crippen molar-refractivity contribution in [2.24, 2.45) is 0 Å². The van der Waals surface area contributed by atoms with Crippen LogP contribution in [0, 0.1) is 5.82 Å². The van der Waals surface area contributed by atoms with E-state index < -0.39 is 0 Å². The zero-order valence-corrected chi connectivity index (χ0v) is 8.29. The standard InChI is InChI=1S/C12H12FNO/c1-2-12(15)14-11-7-6-8-9(11)4-3-5-10(8)13/h2-5,11H,1,6-7H2,(H,14,15)/t11-/m0/s1. The van der Waals surface area contributed by atoms with Crippen LogP contribution in [0.25, 0.3) is 0 Å². The van der Waals surface area contributed by atoms with Gasteiger partial charge in [0.25, 0.3) is 0 Å². The molecule has 0 fully saturated rings. The lowest BCUT2D eigenvalue weighted by atomic mass is 10.1. The first kappa shape index (κ1) is 9.90. The Hall–Kier alpha value is -1.64. The van der Waals surface area contributed by atoms with Crippen LogP contribution in [-0.2, 0) is 11.2 Å². The van der Waals surface area contributed by atoms with Gasteiger partial charge >= 0.3 is 0 Å². The summed E-state index contributed by atoms with van der Waals surface area (Å²) < 4.78 is 13.4. The summed E-state index contributed by atoms with van der Waals surface area (Å²) in [6.45, 7) is 3.39. The van der Waals surface area contributed by atoms with Crippen LogP contribution in [0.2, 0.25) is 0 Å². The van der Waals surface area contributed by atoms with Gasteiger partial charge in [-0.1, -0.05) is 18.7 Å². The maximum absolute atomic E-state index is 13.4. The molecule has 0 aromatic heterocycles. The number of carbonyl (C=O) groups is 1. The Kier molecular flexibility index (Phi) is 2.54. The first-order chi connectivity index (χ1) is 7.22. The zero-order valence-electron chi connectivity index (χ0n) is 8.29. The number of hydrogen-bond acceptors (Lipinski definition) is 1. The van der Waals surface area contributed by atoms with E-state index in [0.717, 1.165) is 17.5 Å². The lowest BCUT2D eigenvalue weighted by Crippen LogP contribution is -2.24. The van der Waals surface area contributed by atoms with E-state index in [1.54, 1.807) is 6.07 Å². The average Bonchev–Trinajstić information content (AvgIpc) is 2.63. The van der Waals surface area contributed by atoms with Crippen LogP contribution < -0.4 is 5.32 Å². The van der Waals surface area contributed by atoms with E-state index in [-0.39, 0.29) is 17.8 Å². The van der Waals surface area contributed by atoms with E-state index in [2.05, 4.69) is 11.9 Å². The SMILES string of the molecule is C=CC(=O)N[C@H]1CCc2c(F)cccc21. The fourth-order valence-corrected chi connectivity index (χ4v) is 1.99. The van der Waals surface area contributed by atoms with Gasteiger partial charge in [0, 0.05) is 0 Å². The molecule has 0 saturated carbocycles. The lowest BCUT2D eigenvalue weighted by Gasteiger charge is -2.12. The number of hydrogen-bond donors (Lipinski definition) is 1. The Labute approximate surface area is 87.8 Å². The van der Waals surface area contributed by atoms with Gasteiger partial charge in [0.05, 0.1) is 6.04 Å². The highest BCUT2D eigenvalue weighted by Gasteiger charge is 2.25. The Morgan fingerprint density at radius 3 is 3.13 bits per heavy atom. The number of nitrogens with one attached hydrogen (secondary N) is 1. The zero-order chi connectivity index (χ0) is 10.8. The molecule has 1 aliphatic carbocycles. The number of rotatable bonds is 2. The Balaban J connectivity index is 2.25. The van der Waals surface area contributed by atoms with Crippen LogP contribution in [-0.4, -0.2) is 5.91 Å².